The number of sulfone groups is 1. The van der Waals surface area contributed by atoms with Crippen molar-refractivity contribution in [2.24, 2.45) is 7.05 Å². The second kappa shape index (κ2) is 5.48. The van der Waals surface area contributed by atoms with Crippen LogP contribution in [0, 0.1) is 5.82 Å². The third kappa shape index (κ3) is 2.59. The SMILES string of the molecule is COc1c(-c2cc(N)n(C)n2)cc(F)c(S(C)(=O)=O)c1OC. The van der Waals surface area contributed by atoms with E-state index in [1.807, 2.05) is 0 Å². The fraction of sp³-hybridized carbons (Fsp3) is 0.308. The Morgan fingerprint density at radius 2 is 1.82 bits per heavy atom. The van der Waals surface area contributed by atoms with Crippen LogP contribution in [-0.4, -0.2) is 38.7 Å². The molecule has 0 spiro atoms. The number of ether oxygens (including phenoxy) is 2. The molecule has 0 radical (unpaired) electrons. The number of rotatable bonds is 4. The Bertz CT molecular complexity index is 811. The van der Waals surface area contributed by atoms with Crippen LogP contribution in [0.15, 0.2) is 17.0 Å². The molecule has 22 heavy (non-hydrogen) atoms. The lowest BCUT2D eigenvalue weighted by Gasteiger charge is -2.15. The molecule has 0 aliphatic rings. The van der Waals surface area contributed by atoms with E-state index in [2.05, 4.69) is 5.10 Å². The van der Waals surface area contributed by atoms with E-state index >= 15 is 0 Å². The van der Waals surface area contributed by atoms with Crippen LogP contribution in [0.4, 0.5) is 10.2 Å². The summed E-state index contributed by atoms with van der Waals surface area (Å²) < 4.78 is 49.6. The molecule has 2 aromatic rings. The highest BCUT2D eigenvalue weighted by molar-refractivity contribution is 7.90. The van der Waals surface area contributed by atoms with E-state index in [1.165, 1.54) is 25.0 Å². The number of aromatic nitrogens is 2. The molecule has 2 rings (SSSR count). The van der Waals surface area contributed by atoms with E-state index < -0.39 is 20.5 Å². The van der Waals surface area contributed by atoms with Gasteiger partial charge in [0.05, 0.1) is 25.5 Å². The van der Waals surface area contributed by atoms with Crippen LogP contribution in [0.2, 0.25) is 0 Å². The van der Waals surface area contributed by atoms with Crippen LogP contribution in [0.25, 0.3) is 11.3 Å². The molecule has 0 amide bonds. The van der Waals surface area contributed by atoms with Crippen molar-refractivity contribution in [3.63, 3.8) is 0 Å². The molecule has 0 unspecified atom stereocenters. The van der Waals surface area contributed by atoms with Gasteiger partial charge in [0.15, 0.2) is 21.3 Å². The molecule has 7 nitrogen and oxygen atoms in total. The topological polar surface area (TPSA) is 96.4 Å². The lowest BCUT2D eigenvalue weighted by molar-refractivity contribution is 0.342. The predicted octanol–water partition coefficient (Wildman–Crippen LogP) is 1.23. The maximum Gasteiger partial charge on any atom is 0.183 e. The van der Waals surface area contributed by atoms with E-state index in [0.29, 0.717) is 11.5 Å². The number of benzene rings is 1. The summed E-state index contributed by atoms with van der Waals surface area (Å²) in [5.41, 5.74) is 6.30. The normalized spacial score (nSPS) is 11.5. The number of aryl methyl sites for hydroxylation is 1. The van der Waals surface area contributed by atoms with E-state index in [0.717, 1.165) is 12.3 Å². The maximum atomic E-state index is 14.3. The highest BCUT2D eigenvalue weighted by Gasteiger charge is 2.28. The Hall–Kier alpha value is -2.29. The molecule has 2 N–H and O–H groups in total. The summed E-state index contributed by atoms with van der Waals surface area (Å²) in [4.78, 5) is -0.556. The summed E-state index contributed by atoms with van der Waals surface area (Å²) in [5, 5.41) is 4.14. The molecule has 0 saturated carbocycles. The van der Waals surface area contributed by atoms with Crippen LogP contribution < -0.4 is 15.2 Å². The van der Waals surface area contributed by atoms with Crippen molar-refractivity contribution in [1.29, 1.82) is 0 Å². The molecule has 0 saturated heterocycles. The van der Waals surface area contributed by atoms with Gasteiger partial charge in [0.25, 0.3) is 0 Å². The Morgan fingerprint density at radius 3 is 2.23 bits per heavy atom. The predicted molar refractivity (Wildman–Crippen MR) is 79.2 cm³/mol. The molecule has 0 aliphatic heterocycles. The van der Waals surface area contributed by atoms with Crippen LogP contribution in [-0.2, 0) is 16.9 Å². The van der Waals surface area contributed by atoms with Gasteiger partial charge < -0.3 is 15.2 Å². The molecule has 0 atom stereocenters. The van der Waals surface area contributed by atoms with Gasteiger partial charge in [-0.05, 0) is 6.07 Å². The summed E-state index contributed by atoms with van der Waals surface area (Å²) in [6, 6.07) is 2.57. The zero-order chi connectivity index (χ0) is 16.7. The number of hydrogen-bond donors (Lipinski definition) is 1. The third-order valence-corrected chi connectivity index (χ3v) is 4.24. The van der Waals surface area contributed by atoms with Crippen molar-refractivity contribution in [3.8, 4) is 22.8 Å². The van der Waals surface area contributed by atoms with Crippen molar-refractivity contribution < 1.29 is 22.3 Å². The summed E-state index contributed by atoms with van der Waals surface area (Å²) in [6.45, 7) is 0. The quantitative estimate of drug-likeness (QED) is 0.906. The molecule has 1 aromatic carbocycles. The number of halogens is 1. The van der Waals surface area contributed by atoms with Crippen LogP contribution in [0.5, 0.6) is 11.5 Å². The number of nitrogen functional groups attached to an aromatic ring is 1. The molecule has 9 heteroatoms. The molecule has 0 fully saturated rings. The average molecular weight is 329 g/mol. The molecule has 1 aromatic heterocycles. The Morgan fingerprint density at radius 1 is 1.23 bits per heavy atom. The minimum absolute atomic E-state index is 0.0717. The van der Waals surface area contributed by atoms with E-state index in [1.54, 1.807) is 7.05 Å². The first-order chi connectivity index (χ1) is 10.2. The lowest BCUT2D eigenvalue weighted by atomic mass is 10.1. The molecule has 1 heterocycles. The van der Waals surface area contributed by atoms with Crippen molar-refractivity contribution in [3.05, 3.63) is 17.9 Å². The number of nitrogens with two attached hydrogens (primary N) is 1. The summed E-state index contributed by atoms with van der Waals surface area (Å²) >= 11 is 0. The van der Waals surface area contributed by atoms with Gasteiger partial charge >= 0.3 is 0 Å². The molecular formula is C13H16FN3O4S. The van der Waals surface area contributed by atoms with Gasteiger partial charge in [0.1, 0.15) is 16.5 Å². The zero-order valence-electron chi connectivity index (χ0n) is 12.5. The molecular weight excluding hydrogens is 313 g/mol. The van der Waals surface area contributed by atoms with Gasteiger partial charge in [-0.1, -0.05) is 0 Å². The standard InChI is InChI=1S/C13H16FN3O4S/c1-17-10(15)6-9(16-17)7-5-8(14)13(22(4,18)19)12(21-3)11(7)20-2/h5-6H,15H2,1-4H3. The van der Waals surface area contributed by atoms with Crippen LogP contribution in [0.1, 0.15) is 0 Å². The first-order valence-corrected chi connectivity index (χ1v) is 8.04. The highest BCUT2D eigenvalue weighted by Crippen LogP contribution is 2.43. The number of hydrogen-bond acceptors (Lipinski definition) is 6. The third-order valence-electron chi connectivity index (χ3n) is 3.12. The Kier molecular flexibility index (Phi) is 4.01. The second-order valence-electron chi connectivity index (χ2n) is 4.65. The number of nitrogens with zero attached hydrogens (tertiary/aromatic N) is 2. The van der Waals surface area contributed by atoms with Gasteiger partial charge in [-0.15, -0.1) is 0 Å². The minimum atomic E-state index is -3.84. The van der Waals surface area contributed by atoms with Crippen molar-refractivity contribution in [2.45, 2.75) is 4.90 Å². The van der Waals surface area contributed by atoms with Crippen molar-refractivity contribution in [1.82, 2.24) is 9.78 Å². The average Bonchev–Trinajstić information content (AvgIpc) is 2.75. The van der Waals surface area contributed by atoms with Gasteiger partial charge in [0, 0.05) is 19.4 Å². The van der Waals surface area contributed by atoms with E-state index in [9.17, 15) is 12.8 Å². The highest BCUT2D eigenvalue weighted by atomic mass is 32.2. The van der Waals surface area contributed by atoms with Gasteiger partial charge in [0.2, 0.25) is 0 Å². The van der Waals surface area contributed by atoms with Crippen LogP contribution in [0.3, 0.4) is 0 Å². The van der Waals surface area contributed by atoms with E-state index in [-0.39, 0.29) is 17.1 Å². The summed E-state index contributed by atoms with van der Waals surface area (Å²) in [5.74, 6) is -0.713. The minimum Gasteiger partial charge on any atom is -0.492 e. The first-order valence-electron chi connectivity index (χ1n) is 6.15. The smallest absolute Gasteiger partial charge is 0.183 e. The van der Waals surface area contributed by atoms with Crippen molar-refractivity contribution >= 4 is 15.7 Å². The van der Waals surface area contributed by atoms with Gasteiger partial charge in [-0.25, -0.2) is 12.8 Å². The van der Waals surface area contributed by atoms with Crippen molar-refractivity contribution in [2.75, 3.05) is 26.2 Å². The Balaban J connectivity index is 2.85. The molecule has 120 valence electrons. The van der Waals surface area contributed by atoms with E-state index in [4.69, 9.17) is 15.2 Å². The monoisotopic (exact) mass is 329 g/mol. The molecule has 0 bridgehead atoms. The fourth-order valence-electron chi connectivity index (χ4n) is 2.13. The van der Waals surface area contributed by atoms with Gasteiger partial charge in [-0.3, -0.25) is 4.68 Å². The second-order valence-corrected chi connectivity index (χ2v) is 6.60. The zero-order valence-corrected chi connectivity index (χ0v) is 13.4. The maximum absolute atomic E-state index is 14.3. The summed E-state index contributed by atoms with van der Waals surface area (Å²) in [6.07, 6.45) is 0.895. The van der Waals surface area contributed by atoms with Crippen LogP contribution >= 0.6 is 0 Å². The lowest BCUT2D eigenvalue weighted by Crippen LogP contribution is -2.07. The largest absolute Gasteiger partial charge is 0.492 e. The summed E-state index contributed by atoms with van der Waals surface area (Å²) in [7, 11) is 0.357. The number of methoxy groups -OCH3 is 2. The van der Waals surface area contributed by atoms with Gasteiger partial charge in [-0.2, -0.15) is 5.10 Å². The number of anilines is 1. The fourth-order valence-corrected chi connectivity index (χ4v) is 3.05. The Labute approximate surface area is 127 Å². The molecule has 0 aliphatic carbocycles. The first kappa shape index (κ1) is 16.1.